The number of carbonyl (C=O) groups is 2. The van der Waals surface area contributed by atoms with Crippen molar-refractivity contribution in [2.75, 3.05) is 33.3 Å². The first kappa shape index (κ1) is 19.9. The molecule has 0 saturated carbocycles. The lowest BCUT2D eigenvalue weighted by Gasteiger charge is -2.37. The second-order valence-electron chi connectivity index (χ2n) is 6.87. The minimum atomic E-state index is -0.817. The zero-order chi connectivity index (χ0) is 20.1. The van der Waals surface area contributed by atoms with E-state index in [0.717, 1.165) is 24.2 Å². The highest BCUT2D eigenvalue weighted by atomic mass is 16.5. The lowest BCUT2D eigenvalue weighted by atomic mass is 10.0. The fraction of sp³-hybridized carbons (Fsp3) is 0.450. The largest absolute Gasteiger partial charge is 0.497 e. The average molecular weight is 386 g/mol. The molecule has 8 nitrogen and oxygen atoms in total. The van der Waals surface area contributed by atoms with Gasteiger partial charge in [0.15, 0.2) is 0 Å². The Morgan fingerprint density at radius 1 is 1.29 bits per heavy atom. The van der Waals surface area contributed by atoms with Crippen LogP contribution in [0.15, 0.2) is 30.5 Å². The van der Waals surface area contributed by atoms with Crippen molar-refractivity contribution in [3.8, 4) is 17.0 Å². The number of ether oxygens (including phenoxy) is 1. The number of aromatic amines is 1. The van der Waals surface area contributed by atoms with E-state index in [1.807, 2.05) is 41.0 Å². The number of hydrogen-bond donors (Lipinski definition) is 2. The topological polar surface area (TPSA) is 98.8 Å². The van der Waals surface area contributed by atoms with Crippen molar-refractivity contribution in [2.24, 2.45) is 0 Å². The van der Waals surface area contributed by atoms with Gasteiger partial charge in [-0.05, 0) is 43.7 Å². The van der Waals surface area contributed by atoms with Crippen LogP contribution in [0.25, 0.3) is 11.3 Å². The van der Waals surface area contributed by atoms with Crippen molar-refractivity contribution >= 4 is 11.9 Å². The maximum Gasteiger partial charge on any atom is 0.317 e. The van der Waals surface area contributed by atoms with E-state index in [1.54, 1.807) is 13.3 Å². The first-order valence-electron chi connectivity index (χ1n) is 9.46. The number of amides is 1. The molecule has 150 valence electrons. The molecule has 0 radical (unpaired) electrons. The molecule has 2 aromatic rings. The Kier molecular flexibility index (Phi) is 6.30. The third-order valence-corrected chi connectivity index (χ3v) is 5.26. The smallest absolute Gasteiger partial charge is 0.317 e. The Morgan fingerprint density at radius 3 is 2.54 bits per heavy atom. The molecule has 0 unspecified atom stereocenters. The molecule has 1 aromatic carbocycles. The van der Waals surface area contributed by atoms with E-state index in [0.29, 0.717) is 30.9 Å². The van der Waals surface area contributed by atoms with Crippen LogP contribution in [-0.4, -0.2) is 76.3 Å². The van der Waals surface area contributed by atoms with E-state index in [9.17, 15) is 9.59 Å². The summed E-state index contributed by atoms with van der Waals surface area (Å²) in [5.41, 5.74) is 2.10. The zero-order valence-corrected chi connectivity index (χ0v) is 16.2. The SMILES string of the molecule is CCN(CC(=O)O)C1CCN(C(=O)c2cn[nH]c2-c2ccc(OC)cc2)CC1. The lowest BCUT2D eigenvalue weighted by molar-refractivity contribution is -0.139. The minimum absolute atomic E-state index is 0.0401. The van der Waals surface area contributed by atoms with Gasteiger partial charge in [-0.3, -0.25) is 19.6 Å². The summed E-state index contributed by atoms with van der Waals surface area (Å²) < 4.78 is 5.18. The fourth-order valence-electron chi connectivity index (χ4n) is 3.70. The molecule has 0 atom stereocenters. The summed E-state index contributed by atoms with van der Waals surface area (Å²) >= 11 is 0. The van der Waals surface area contributed by atoms with Gasteiger partial charge in [0.1, 0.15) is 5.75 Å². The molecule has 1 fully saturated rings. The Hall–Kier alpha value is -2.87. The number of likely N-dealkylation sites (tertiary alicyclic amines) is 1. The molecule has 1 aromatic heterocycles. The molecule has 2 heterocycles. The molecule has 0 spiro atoms. The number of aliphatic carboxylic acids is 1. The van der Waals surface area contributed by atoms with Crippen LogP contribution < -0.4 is 4.74 Å². The van der Waals surface area contributed by atoms with Gasteiger partial charge in [0.2, 0.25) is 0 Å². The molecule has 3 rings (SSSR count). The normalized spacial score (nSPS) is 15.0. The summed E-state index contributed by atoms with van der Waals surface area (Å²) in [5.74, 6) is -0.123. The maximum absolute atomic E-state index is 13.0. The van der Waals surface area contributed by atoms with Crippen molar-refractivity contribution in [3.63, 3.8) is 0 Å². The molecule has 1 saturated heterocycles. The Balaban J connectivity index is 1.67. The van der Waals surface area contributed by atoms with E-state index in [1.165, 1.54) is 0 Å². The number of nitrogens with zero attached hydrogens (tertiary/aromatic N) is 3. The van der Waals surface area contributed by atoms with Crippen LogP contribution in [-0.2, 0) is 4.79 Å². The van der Waals surface area contributed by atoms with Gasteiger partial charge in [0.05, 0.1) is 31.1 Å². The number of carbonyl (C=O) groups excluding carboxylic acids is 1. The highest BCUT2D eigenvalue weighted by molar-refractivity contribution is 5.99. The van der Waals surface area contributed by atoms with Gasteiger partial charge in [-0.25, -0.2) is 0 Å². The Morgan fingerprint density at radius 2 is 1.96 bits per heavy atom. The van der Waals surface area contributed by atoms with Crippen molar-refractivity contribution in [1.82, 2.24) is 20.0 Å². The van der Waals surface area contributed by atoms with Gasteiger partial charge in [0, 0.05) is 24.7 Å². The fourth-order valence-corrected chi connectivity index (χ4v) is 3.70. The second-order valence-corrected chi connectivity index (χ2v) is 6.87. The number of hydrogen-bond acceptors (Lipinski definition) is 5. The van der Waals surface area contributed by atoms with Crippen molar-refractivity contribution in [1.29, 1.82) is 0 Å². The number of rotatable bonds is 7. The van der Waals surface area contributed by atoms with Gasteiger partial charge >= 0.3 is 5.97 Å². The number of methoxy groups -OCH3 is 1. The van der Waals surface area contributed by atoms with Crippen molar-refractivity contribution in [2.45, 2.75) is 25.8 Å². The van der Waals surface area contributed by atoms with Gasteiger partial charge in [-0.1, -0.05) is 6.92 Å². The number of H-pyrrole nitrogens is 1. The van der Waals surface area contributed by atoms with Crippen molar-refractivity contribution in [3.05, 3.63) is 36.0 Å². The average Bonchev–Trinajstić information content (AvgIpc) is 3.21. The van der Waals surface area contributed by atoms with E-state index >= 15 is 0 Å². The molecular formula is C20H26N4O4. The van der Waals surface area contributed by atoms with E-state index in [4.69, 9.17) is 9.84 Å². The summed E-state index contributed by atoms with van der Waals surface area (Å²) in [6.07, 6.45) is 3.10. The van der Waals surface area contributed by atoms with E-state index in [2.05, 4.69) is 10.2 Å². The number of piperidine rings is 1. The summed E-state index contributed by atoms with van der Waals surface area (Å²) in [6.45, 7) is 3.90. The predicted octanol–water partition coefficient (Wildman–Crippen LogP) is 2.10. The van der Waals surface area contributed by atoms with Crippen LogP contribution in [0.5, 0.6) is 5.75 Å². The number of carboxylic acid groups (broad SMARTS) is 1. The number of benzene rings is 1. The standard InChI is InChI=1S/C20H26N4O4/c1-3-23(13-18(25)26)15-8-10-24(11-9-15)20(27)17-12-21-22-19(17)14-4-6-16(28-2)7-5-14/h4-7,12,15H,3,8-11,13H2,1-2H3,(H,21,22)(H,25,26). The summed E-state index contributed by atoms with van der Waals surface area (Å²) in [7, 11) is 1.61. The second kappa shape index (κ2) is 8.88. The number of carboxylic acids is 1. The summed E-state index contributed by atoms with van der Waals surface area (Å²) in [5, 5.41) is 16.1. The molecule has 28 heavy (non-hydrogen) atoms. The number of likely N-dealkylation sites (N-methyl/N-ethyl adjacent to an activating group) is 1. The molecule has 2 N–H and O–H groups in total. The number of nitrogens with one attached hydrogen (secondary N) is 1. The quantitative estimate of drug-likeness (QED) is 0.756. The maximum atomic E-state index is 13.0. The van der Waals surface area contributed by atoms with Gasteiger partial charge in [0.25, 0.3) is 5.91 Å². The van der Waals surface area contributed by atoms with Crippen LogP contribution >= 0.6 is 0 Å². The highest BCUT2D eigenvalue weighted by Gasteiger charge is 2.29. The van der Waals surface area contributed by atoms with Crippen molar-refractivity contribution < 1.29 is 19.4 Å². The molecule has 1 amide bonds. The van der Waals surface area contributed by atoms with Crippen LogP contribution in [0, 0.1) is 0 Å². The van der Waals surface area contributed by atoms with E-state index < -0.39 is 5.97 Å². The van der Waals surface area contributed by atoms with Gasteiger partial charge in [-0.15, -0.1) is 0 Å². The third-order valence-electron chi connectivity index (χ3n) is 5.26. The Labute approximate surface area is 164 Å². The molecule has 0 bridgehead atoms. The molecule has 0 aliphatic carbocycles. The molecular weight excluding hydrogens is 360 g/mol. The monoisotopic (exact) mass is 386 g/mol. The minimum Gasteiger partial charge on any atom is -0.497 e. The summed E-state index contributed by atoms with van der Waals surface area (Å²) in [6, 6.07) is 7.66. The third kappa shape index (κ3) is 4.33. The zero-order valence-electron chi connectivity index (χ0n) is 16.2. The van der Waals surface area contributed by atoms with E-state index in [-0.39, 0.29) is 18.5 Å². The molecule has 8 heteroatoms. The first-order chi connectivity index (χ1) is 13.5. The molecule has 1 aliphatic heterocycles. The molecule has 1 aliphatic rings. The van der Waals surface area contributed by atoms with Crippen LogP contribution in [0.1, 0.15) is 30.1 Å². The van der Waals surface area contributed by atoms with Crippen LogP contribution in [0.3, 0.4) is 0 Å². The van der Waals surface area contributed by atoms with Gasteiger partial charge in [-0.2, -0.15) is 5.10 Å². The Bertz CT molecular complexity index is 810. The predicted molar refractivity (Wildman–Crippen MR) is 104 cm³/mol. The number of aromatic nitrogens is 2. The van der Waals surface area contributed by atoms with Crippen LogP contribution in [0.4, 0.5) is 0 Å². The summed E-state index contributed by atoms with van der Waals surface area (Å²) in [4.78, 5) is 27.8. The lowest BCUT2D eigenvalue weighted by Crippen LogP contribution is -2.48. The van der Waals surface area contributed by atoms with Gasteiger partial charge < -0.3 is 14.7 Å². The highest BCUT2D eigenvalue weighted by Crippen LogP contribution is 2.26. The first-order valence-corrected chi connectivity index (χ1v) is 9.46. The van der Waals surface area contributed by atoms with Crippen LogP contribution in [0.2, 0.25) is 0 Å².